The van der Waals surface area contributed by atoms with Gasteiger partial charge in [-0.1, -0.05) is 24.6 Å². The number of fused-ring (bicyclic) bond motifs is 3. The lowest BCUT2D eigenvalue weighted by Gasteiger charge is -2.39. The lowest BCUT2D eigenvalue weighted by molar-refractivity contribution is -0.140. The minimum Gasteiger partial charge on any atom is -0.503 e. The highest BCUT2D eigenvalue weighted by molar-refractivity contribution is 6.39. The van der Waals surface area contributed by atoms with Crippen molar-refractivity contribution in [3.05, 3.63) is 57.0 Å². The van der Waals surface area contributed by atoms with Crippen LogP contribution >= 0.6 is 0 Å². The molecule has 1 amide bonds. The van der Waals surface area contributed by atoms with Crippen LogP contribution in [0.2, 0.25) is 5.82 Å². The van der Waals surface area contributed by atoms with Gasteiger partial charge in [-0.15, -0.1) is 0 Å². The highest BCUT2D eigenvalue weighted by Gasteiger charge is 2.43. The molecule has 1 N–H and O–H groups in total. The second kappa shape index (κ2) is 6.68. The van der Waals surface area contributed by atoms with Crippen LogP contribution in [0.3, 0.4) is 0 Å². The summed E-state index contributed by atoms with van der Waals surface area (Å²) in [6.45, 7) is 4.97. The third kappa shape index (κ3) is 3.13. The molecule has 1 saturated carbocycles. The highest BCUT2D eigenvalue weighted by Crippen LogP contribution is 2.57. The van der Waals surface area contributed by atoms with E-state index >= 15 is 0 Å². The number of pyridine rings is 1. The SMILES string of the molecule is Cc1c(OC2CN(C(=O)Cn3ccc(=O)c(O)c3C)C2)ccc2c1C[B]C1CC21. The summed E-state index contributed by atoms with van der Waals surface area (Å²) >= 11 is 0. The van der Waals surface area contributed by atoms with Crippen molar-refractivity contribution in [2.45, 2.75) is 51.0 Å². The Labute approximate surface area is 170 Å². The van der Waals surface area contributed by atoms with Gasteiger partial charge in [0.25, 0.3) is 0 Å². The number of hydrogen-bond acceptors (Lipinski definition) is 4. The Morgan fingerprint density at radius 2 is 2.07 bits per heavy atom. The van der Waals surface area contributed by atoms with Crippen LogP contribution in [0.4, 0.5) is 0 Å². The smallest absolute Gasteiger partial charge is 0.242 e. The summed E-state index contributed by atoms with van der Waals surface area (Å²) in [4.78, 5) is 25.7. The molecule has 0 bridgehead atoms. The zero-order valence-electron chi connectivity index (χ0n) is 16.7. The van der Waals surface area contributed by atoms with Gasteiger partial charge in [0.1, 0.15) is 25.7 Å². The molecule has 2 atom stereocenters. The molecule has 7 heteroatoms. The largest absolute Gasteiger partial charge is 0.503 e. The number of rotatable bonds is 4. The first-order valence-corrected chi connectivity index (χ1v) is 10.2. The van der Waals surface area contributed by atoms with Crippen molar-refractivity contribution < 1.29 is 14.6 Å². The van der Waals surface area contributed by atoms with Gasteiger partial charge in [-0.25, -0.2) is 0 Å². The van der Waals surface area contributed by atoms with Crippen LogP contribution in [-0.4, -0.2) is 47.0 Å². The van der Waals surface area contributed by atoms with E-state index in [1.54, 1.807) is 22.6 Å². The molecule has 2 unspecified atom stereocenters. The van der Waals surface area contributed by atoms with E-state index in [1.807, 2.05) is 0 Å². The molecule has 3 aliphatic rings. The van der Waals surface area contributed by atoms with Crippen LogP contribution in [0, 0.1) is 13.8 Å². The van der Waals surface area contributed by atoms with Crippen LogP contribution in [-0.2, 0) is 17.7 Å². The lowest BCUT2D eigenvalue weighted by Crippen LogP contribution is -2.57. The van der Waals surface area contributed by atoms with Crippen LogP contribution in [0.25, 0.3) is 0 Å². The van der Waals surface area contributed by atoms with Gasteiger partial charge in [-0.2, -0.15) is 0 Å². The maximum atomic E-state index is 12.5. The Balaban J connectivity index is 1.20. The monoisotopic (exact) mass is 391 g/mol. The molecule has 1 aromatic carbocycles. The maximum Gasteiger partial charge on any atom is 0.242 e. The molecule has 6 nitrogen and oxygen atoms in total. The van der Waals surface area contributed by atoms with E-state index in [0.29, 0.717) is 18.8 Å². The first-order valence-electron chi connectivity index (χ1n) is 10.2. The van der Waals surface area contributed by atoms with Crippen molar-refractivity contribution in [2.75, 3.05) is 13.1 Å². The number of aromatic nitrogens is 1. The van der Waals surface area contributed by atoms with Crippen molar-refractivity contribution in [1.29, 1.82) is 0 Å². The number of likely N-dealkylation sites (tertiary alicyclic amines) is 1. The van der Waals surface area contributed by atoms with Crippen LogP contribution in [0.15, 0.2) is 29.2 Å². The van der Waals surface area contributed by atoms with Crippen molar-refractivity contribution in [3.8, 4) is 11.5 Å². The Morgan fingerprint density at radius 1 is 1.28 bits per heavy atom. The molecule has 3 heterocycles. The van der Waals surface area contributed by atoms with E-state index in [2.05, 4.69) is 26.3 Å². The summed E-state index contributed by atoms with van der Waals surface area (Å²) in [7, 11) is 2.43. The topological polar surface area (TPSA) is 71.8 Å². The van der Waals surface area contributed by atoms with E-state index in [4.69, 9.17) is 4.74 Å². The molecule has 1 radical (unpaired) electrons. The number of nitrogens with zero attached hydrogens (tertiary/aromatic N) is 2. The molecular formula is C22H24BN2O4. The number of benzene rings is 1. The van der Waals surface area contributed by atoms with Crippen LogP contribution in [0.5, 0.6) is 11.5 Å². The van der Waals surface area contributed by atoms with E-state index in [1.165, 1.54) is 29.2 Å². The van der Waals surface area contributed by atoms with Crippen molar-refractivity contribution in [1.82, 2.24) is 9.47 Å². The molecule has 2 aromatic rings. The first-order chi connectivity index (χ1) is 13.9. The Morgan fingerprint density at radius 3 is 2.86 bits per heavy atom. The van der Waals surface area contributed by atoms with Gasteiger partial charge in [0.15, 0.2) is 5.75 Å². The van der Waals surface area contributed by atoms with E-state index in [0.717, 1.165) is 23.8 Å². The predicted octanol–water partition coefficient (Wildman–Crippen LogP) is 1.95. The second-order valence-electron chi connectivity index (χ2n) is 8.48. The van der Waals surface area contributed by atoms with Crippen LogP contribution < -0.4 is 10.2 Å². The minimum absolute atomic E-state index is 0.000427. The van der Waals surface area contributed by atoms with Crippen molar-refractivity contribution in [2.24, 2.45) is 0 Å². The fraction of sp³-hybridized carbons (Fsp3) is 0.455. The fourth-order valence-electron chi connectivity index (χ4n) is 4.58. The zero-order valence-corrected chi connectivity index (χ0v) is 16.7. The number of carbonyl (C=O) groups excluding carboxylic acids is 1. The Kier molecular flexibility index (Phi) is 4.22. The van der Waals surface area contributed by atoms with Crippen LogP contribution in [0.1, 0.15) is 34.7 Å². The molecule has 2 aliphatic heterocycles. The summed E-state index contributed by atoms with van der Waals surface area (Å²) in [5.41, 5.74) is 4.11. The molecular weight excluding hydrogens is 367 g/mol. The average molecular weight is 391 g/mol. The van der Waals surface area contributed by atoms with E-state index in [-0.39, 0.29) is 24.3 Å². The van der Waals surface area contributed by atoms with Gasteiger partial charge in [-0.05, 0) is 42.5 Å². The van der Waals surface area contributed by atoms with Gasteiger partial charge in [-0.3, -0.25) is 9.59 Å². The molecule has 149 valence electrons. The lowest BCUT2D eigenvalue weighted by atomic mass is 9.61. The maximum absolute atomic E-state index is 12.5. The number of aromatic hydroxyl groups is 1. The third-order valence-electron chi connectivity index (χ3n) is 6.66. The molecule has 1 aliphatic carbocycles. The van der Waals surface area contributed by atoms with Crippen molar-refractivity contribution >= 4 is 13.2 Å². The normalized spacial score (nSPS) is 22.2. The first kappa shape index (κ1) is 18.3. The Hall–Kier alpha value is -2.70. The molecule has 29 heavy (non-hydrogen) atoms. The summed E-state index contributed by atoms with van der Waals surface area (Å²) in [6.07, 6.45) is 3.86. The number of amides is 1. The number of hydrogen-bond donors (Lipinski definition) is 1. The van der Waals surface area contributed by atoms with Gasteiger partial charge < -0.3 is 19.3 Å². The highest BCUT2D eigenvalue weighted by atomic mass is 16.5. The average Bonchev–Trinajstić information content (AvgIpc) is 3.46. The predicted molar refractivity (Wildman–Crippen MR) is 110 cm³/mol. The molecule has 1 aromatic heterocycles. The van der Waals surface area contributed by atoms with E-state index in [9.17, 15) is 14.7 Å². The standard InChI is InChI=1S/C22H24BN2O4/c1-12-17-8-23-18-7-16(18)15(17)3-4-20(12)29-14-9-25(10-14)21(27)11-24-6-5-19(26)22(28)13(24)2/h3-6,14,16,18,28H,7-11H2,1-2H3. The summed E-state index contributed by atoms with van der Waals surface area (Å²) < 4.78 is 7.79. The quantitative estimate of drug-likeness (QED) is 0.809. The van der Waals surface area contributed by atoms with Gasteiger partial charge >= 0.3 is 0 Å². The number of ether oxygens (including phenoxy) is 1. The molecule has 2 fully saturated rings. The molecule has 0 spiro atoms. The summed E-state index contributed by atoms with van der Waals surface area (Å²) in [6, 6.07) is 5.59. The molecule has 1 saturated heterocycles. The molecule has 5 rings (SSSR count). The van der Waals surface area contributed by atoms with Gasteiger partial charge in [0, 0.05) is 12.3 Å². The summed E-state index contributed by atoms with van der Waals surface area (Å²) in [5.74, 6) is 2.08. The van der Waals surface area contributed by atoms with Gasteiger partial charge in [0.2, 0.25) is 11.3 Å². The van der Waals surface area contributed by atoms with Crippen molar-refractivity contribution in [3.63, 3.8) is 0 Å². The Bertz CT molecular complexity index is 1060. The second-order valence-corrected chi connectivity index (χ2v) is 8.48. The minimum atomic E-state index is -0.432. The van der Waals surface area contributed by atoms with E-state index < -0.39 is 5.43 Å². The fourth-order valence-corrected chi connectivity index (χ4v) is 4.58. The summed E-state index contributed by atoms with van der Waals surface area (Å²) in [5, 5.41) is 9.76. The van der Waals surface area contributed by atoms with Gasteiger partial charge in [0.05, 0.1) is 18.8 Å². The number of carbonyl (C=O) groups is 1. The zero-order chi connectivity index (χ0) is 20.3. The third-order valence-corrected chi connectivity index (χ3v) is 6.66.